The van der Waals surface area contributed by atoms with Gasteiger partial charge in [-0.3, -0.25) is 14.5 Å². The third kappa shape index (κ3) is 6.66. The summed E-state index contributed by atoms with van der Waals surface area (Å²) in [5.74, 6) is 1.46. The van der Waals surface area contributed by atoms with Gasteiger partial charge < -0.3 is 19.5 Å². The van der Waals surface area contributed by atoms with Crippen molar-refractivity contribution < 1.29 is 23.8 Å². The van der Waals surface area contributed by atoms with Crippen molar-refractivity contribution in [2.45, 2.75) is 25.0 Å². The lowest BCUT2D eigenvalue weighted by molar-refractivity contribution is -0.128. The van der Waals surface area contributed by atoms with Crippen LogP contribution in [0.5, 0.6) is 17.2 Å². The van der Waals surface area contributed by atoms with Gasteiger partial charge in [0.05, 0.1) is 27.0 Å². The van der Waals surface area contributed by atoms with Crippen molar-refractivity contribution in [3.05, 3.63) is 77.9 Å². The third-order valence-corrected chi connectivity index (χ3v) is 7.24. The van der Waals surface area contributed by atoms with Crippen LogP contribution in [0.15, 0.2) is 71.7 Å². The molecule has 1 unspecified atom stereocenters. The smallest absolute Gasteiger partial charge is 0.242 e. The molecule has 38 heavy (non-hydrogen) atoms. The van der Waals surface area contributed by atoms with Crippen LogP contribution >= 0.6 is 11.8 Å². The minimum absolute atomic E-state index is 0.0176. The zero-order chi connectivity index (χ0) is 27.1. The van der Waals surface area contributed by atoms with E-state index < -0.39 is 5.25 Å². The lowest BCUT2D eigenvalue weighted by Crippen LogP contribution is -2.35. The van der Waals surface area contributed by atoms with Crippen LogP contribution in [0.3, 0.4) is 0 Å². The Hall–Kier alpha value is -3.98. The molecular formula is C29H31N3O5S. The average Bonchev–Trinajstić information content (AvgIpc) is 3.20. The number of amides is 2. The molecule has 1 heterocycles. The highest BCUT2D eigenvalue weighted by Crippen LogP contribution is 2.33. The first-order chi connectivity index (χ1) is 18.4. The van der Waals surface area contributed by atoms with Crippen LogP contribution in [0.25, 0.3) is 0 Å². The topological polar surface area (TPSA) is 89.5 Å². The molecule has 0 bridgehead atoms. The number of carbonyl (C=O) groups excluding carboxylic acids is 2. The molecule has 3 aromatic carbocycles. The van der Waals surface area contributed by atoms with Gasteiger partial charge in [0, 0.05) is 24.7 Å². The van der Waals surface area contributed by atoms with Crippen molar-refractivity contribution in [3.63, 3.8) is 0 Å². The van der Waals surface area contributed by atoms with Gasteiger partial charge in [0.2, 0.25) is 11.8 Å². The maximum Gasteiger partial charge on any atom is 0.242 e. The predicted octanol–water partition coefficient (Wildman–Crippen LogP) is 5.22. The number of amidine groups is 1. The largest absolute Gasteiger partial charge is 0.497 e. The number of benzene rings is 3. The highest BCUT2D eigenvalue weighted by molar-refractivity contribution is 8.15. The number of aliphatic imine (C=N–C) groups is 1. The van der Waals surface area contributed by atoms with E-state index in [2.05, 4.69) is 5.32 Å². The quantitative estimate of drug-likeness (QED) is 0.384. The maximum absolute atomic E-state index is 13.5. The van der Waals surface area contributed by atoms with Crippen LogP contribution < -0.4 is 19.5 Å². The van der Waals surface area contributed by atoms with Gasteiger partial charge in [0.1, 0.15) is 11.0 Å². The standard InChI is InChI=1S/C29H31N3O5S/c1-19-6-5-7-21(16-19)31-29-32(15-14-20-8-11-23(35-2)12-9-20)28(34)26(38-29)18-27(33)30-22-10-13-24(36-3)25(17-22)37-4/h5-13,16-17,26H,14-15,18H2,1-4H3,(H,30,33). The second-order valence-electron chi connectivity index (χ2n) is 8.75. The summed E-state index contributed by atoms with van der Waals surface area (Å²) in [5, 5.41) is 2.88. The Bertz CT molecular complexity index is 1330. The van der Waals surface area contributed by atoms with E-state index in [4.69, 9.17) is 19.2 Å². The van der Waals surface area contributed by atoms with E-state index in [1.54, 1.807) is 37.3 Å². The molecule has 3 aromatic rings. The summed E-state index contributed by atoms with van der Waals surface area (Å²) in [6, 6.07) is 20.7. The first-order valence-electron chi connectivity index (χ1n) is 12.2. The van der Waals surface area contributed by atoms with E-state index in [0.29, 0.717) is 35.3 Å². The Labute approximate surface area is 227 Å². The Morgan fingerprint density at radius 1 is 0.974 bits per heavy atom. The number of rotatable bonds is 10. The molecule has 4 rings (SSSR count). The van der Waals surface area contributed by atoms with Gasteiger partial charge in [-0.1, -0.05) is 36.0 Å². The van der Waals surface area contributed by atoms with Crippen LogP contribution in [0.4, 0.5) is 11.4 Å². The number of hydrogen-bond donors (Lipinski definition) is 1. The Morgan fingerprint density at radius 3 is 2.42 bits per heavy atom. The number of ether oxygens (including phenoxy) is 3. The normalized spacial score (nSPS) is 16.0. The van der Waals surface area contributed by atoms with Gasteiger partial charge in [-0.05, 0) is 60.9 Å². The van der Waals surface area contributed by atoms with E-state index in [1.165, 1.54) is 18.9 Å². The average molecular weight is 534 g/mol. The molecule has 0 radical (unpaired) electrons. The fraction of sp³-hybridized carbons (Fsp3) is 0.276. The van der Waals surface area contributed by atoms with E-state index >= 15 is 0 Å². The third-order valence-electron chi connectivity index (χ3n) is 6.07. The van der Waals surface area contributed by atoms with Gasteiger partial charge in [-0.15, -0.1) is 0 Å². The molecule has 0 aromatic heterocycles. The fourth-order valence-electron chi connectivity index (χ4n) is 4.07. The molecule has 8 nitrogen and oxygen atoms in total. The van der Waals surface area contributed by atoms with Crippen molar-refractivity contribution in [1.82, 2.24) is 4.90 Å². The zero-order valence-corrected chi connectivity index (χ0v) is 22.7. The summed E-state index contributed by atoms with van der Waals surface area (Å²) in [7, 11) is 4.72. The second-order valence-corrected chi connectivity index (χ2v) is 9.92. The molecule has 0 spiro atoms. The number of thioether (sulfide) groups is 1. The first-order valence-corrected chi connectivity index (χ1v) is 13.1. The Kier molecular flexibility index (Phi) is 8.91. The van der Waals surface area contributed by atoms with Gasteiger partial charge >= 0.3 is 0 Å². The predicted molar refractivity (Wildman–Crippen MR) is 151 cm³/mol. The molecule has 1 aliphatic heterocycles. The number of aryl methyl sites for hydroxylation is 1. The summed E-state index contributed by atoms with van der Waals surface area (Å²) in [6.45, 7) is 2.45. The molecule has 2 amide bonds. The van der Waals surface area contributed by atoms with Gasteiger partial charge in [-0.25, -0.2) is 4.99 Å². The number of hydrogen-bond acceptors (Lipinski definition) is 7. The number of anilines is 1. The molecular weight excluding hydrogens is 502 g/mol. The zero-order valence-electron chi connectivity index (χ0n) is 21.9. The molecule has 1 N–H and O–H groups in total. The SMILES string of the molecule is COc1ccc(CCN2C(=O)C(CC(=O)Nc3ccc(OC)c(OC)c3)SC2=Nc2cccc(C)c2)cc1. The molecule has 0 aliphatic carbocycles. The van der Waals surface area contributed by atoms with E-state index in [0.717, 1.165) is 22.6 Å². The van der Waals surface area contributed by atoms with Gasteiger partial charge in [0.15, 0.2) is 16.7 Å². The Balaban J connectivity index is 1.49. The molecule has 0 saturated carbocycles. The van der Waals surface area contributed by atoms with Crippen molar-refractivity contribution in [2.24, 2.45) is 4.99 Å². The minimum atomic E-state index is -0.574. The minimum Gasteiger partial charge on any atom is -0.497 e. The van der Waals surface area contributed by atoms with E-state index in [1.807, 2.05) is 55.5 Å². The van der Waals surface area contributed by atoms with E-state index in [-0.39, 0.29) is 18.2 Å². The highest BCUT2D eigenvalue weighted by Gasteiger charge is 2.39. The van der Waals surface area contributed by atoms with Crippen LogP contribution in [0, 0.1) is 6.92 Å². The van der Waals surface area contributed by atoms with E-state index in [9.17, 15) is 9.59 Å². The summed E-state index contributed by atoms with van der Waals surface area (Å²) in [5.41, 5.74) is 3.49. The number of nitrogens with zero attached hydrogens (tertiary/aromatic N) is 2. The van der Waals surface area contributed by atoms with Crippen molar-refractivity contribution >= 4 is 40.1 Å². The molecule has 1 aliphatic rings. The van der Waals surface area contributed by atoms with Crippen molar-refractivity contribution in [3.8, 4) is 17.2 Å². The fourth-order valence-corrected chi connectivity index (χ4v) is 5.25. The van der Waals surface area contributed by atoms with Crippen LogP contribution in [-0.4, -0.2) is 55.0 Å². The van der Waals surface area contributed by atoms with Crippen LogP contribution in [0.2, 0.25) is 0 Å². The maximum atomic E-state index is 13.5. The first kappa shape index (κ1) is 27.1. The lowest BCUT2D eigenvalue weighted by Gasteiger charge is -2.17. The van der Waals surface area contributed by atoms with Gasteiger partial charge in [-0.2, -0.15) is 0 Å². The lowest BCUT2D eigenvalue weighted by atomic mass is 10.1. The van der Waals surface area contributed by atoms with Crippen molar-refractivity contribution in [2.75, 3.05) is 33.2 Å². The summed E-state index contributed by atoms with van der Waals surface area (Å²) >= 11 is 1.32. The van der Waals surface area contributed by atoms with Crippen LogP contribution in [0.1, 0.15) is 17.5 Å². The highest BCUT2D eigenvalue weighted by atomic mass is 32.2. The van der Waals surface area contributed by atoms with Crippen LogP contribution in [-0.2, 0) is 16.0 Å². The number of carbonyl (C=O) groups is 2. The van der Waals surface area contributed by atoms with Gasteiger partial charge in [0.25, 0.3) is 0 Å². The summed E-state index contributed by atoms with van der Waals surface area (Å²) in [4.78, 5) is 32.8. The monoisotopic (exact) mass is 533 g/mol. The molecule has 9 heteroatoms. The number of methoxy groups -OCH3 is 3. The molecule has 1 fully saturated rings. The molecule has 1 atom stereocenters. The summed E-state index contributed by atoms with van der Waals surface area (Å²) < 4.78 is 15.8. The molecule has 198 valence electrons. The second kappa shape index (κ2) is 12.5. The Morgan fingerprint density at radius 2 is 1.74 bits per heavy atom. The van der Waals surface area contributed by atoms with Crippen molar-refractivity contribution in [1.29, 1.82) is 0 Å². The number of nitrogens with one attached hydrogen (secondary N) is 1. The summed E-state index contributed by atoms with van der Waals surface area (Å²) in [6.07, 6.45) is 0.664. The molecule has 1 saturated heterocycles.